The highest BCUT2D eigenvalue weighted by Crippen LogP contribution is 2.31. The molecule has 0 bridgehead atoms. The van der Waals surface area contributed by atoms with E-state index >= 15 is 0 Å². The molecule has 0 heterocycles. The summed E-state index contributed by atoms with van der Waals surface area (Å²) < 4.78 is 39.8. The van der Waals surface area contributed by atoms with Gasteiger partial charge in [0, 0.05) is 57.3 Å². The molecule has 0 aliphatic rings. The van der Waals surface area contributed by atoms with Gasteiger partial charge < -0.3 is 21.3 Å². The van der Waals surface area contributed by atoms with Gasteiger partial charge in [0.15, 0.2) is 0 Å². The van der Waals surface area contributed by atoms with Crippen molar-refractivity contribution in [2.45, 2.75) is 138 Å². The van der Waals surface area contributed by atoms with Gasteiger partial charge in [0.05, 0.1) is 5.56 Å². The molecular formula is C39H63F3N4O4S. The molecule has 0 aliphatic carbocycles. The minimum Gasteiger partial charge on any atom is -0.338 e. The molecular weight excluding hydrogens is 678 g/mol. The number of benzene rings is 1. The molecule has 0 saturated carbocycles. The molecule has 0 spiro atoms. The van der Waals surface area contributed by atoms with Gasteiger partial charge in [-0.15, -0.1) is 0 Å². The average Bonchev–Trinajstić information content (AvgIpc) is 3.01. The van der Waals surface area contributed by atoms with Crippen LogP contribution in [0, 0.1) is 36.5 Å². The predicted octanol–water partition coefficient (Wildman–Crippen LogP) is 8.76. The van der Waals surface area contributed by atoms with Crippen molar-refractivity contribution in [1.82, 2.24) is 21.3 Å². The summed E-state index contributed by atoms with van der Waals surface area (Å²) in [4.78, 5) is 50.8. The minimum absolute atomic E-state index is 0.00197. The molecule has 8 nitrogen and oxygen atoms in total. The number of hydrogen-bond acceptors (Lipinski definition) is 5. The van der Waals surface area contributed by atoms with E-state index in [4.69, 9.17) is 12.2 Å². The van der Waals surface area contributed by atoms with Gasteiger partial charge in [0.1, 0.15) is 11.6 Å². The first-order chi connectivity index (χ1) is 23.7. The molecule has 1 rings (SSSR count). The molecule has 1 aromatic carbocycles. The number of rotatable bonds is 23. The standard InChI is InChI=1S/C39H63F3N4O4S/c1-10-33(47)13-14-36(26(6)7)46-38(50)43-22-30(15-24(2)3)19-34(48)12-11-28(9)45-37(49)44-23-31(25(4)5)21-35(51)20-29-16-27(8)17-32(18-29)39(40,41)42/h16-18,24-26,28,30-31,36H,10-15,19-23H2,1-9H3,(H2,43,46,50)(H2,44,45,49)/t28-,30+,31+,36+/m0/s1. The SMILES string of the molecule is CCC(=O)CC[C@@H](NC(=O)NC[C@@H](CC(=O)CC[C@H](C)NC(=O)NC[C@@H](CC(=S)Cc1cc(C)cc(C(F)(F)F)c1)C(C)C)CC(C)C)C(C)C. The zero-order chi connectivity index (χ0) is 38.9. The number of carbonyl (C=O) groups excluding carboxylic acids is 4. The highest BCUT2D eigenvalue weighted by atomic mass is 32.1. The lowest BCUT2D eigenvalue weighted by Crippen LogP contribution is -2.46. The number of alkyl halides is 3. The number of halogens is 3. The number of hydrogen-bond donors (Lipinski definition) is 4. The summed E-state index contributed by atoms with van der Waals surface area (Å²) in [7, 11) is 0. The predicted molar refractivity (Wildman–Crippen MR) is 203 cm³/mol. The van der Waals surface area contributed by atoms with Crippen LogP contribution >= 0.6 is 12.2 Å². The van der Waals surface area contributed by atoms with Gasteiger partial charge in [-0.2, -0.15) is 13.2 Å². The number of aryl methyl sites for hydroxylation is 1. The fourth-order valence-electron chi connectivity index (χ4n) is 6.06. The molecule has 51 heavy (non-hydrogen) atoms. The van der Waals surface area contributed by atoms with Gasteiger partial charge in [0.2, 0.25) is 0 Å². The Labute approximate surface area is 309 Å². The quantitative estimate of drug-likeness (QED) is 0.0838. The second-order valence-corrected chi connectivity index (χ2v) is 15.9. The maximum atomic E-state index is 13.3. The Morgan fingerprint density at radius 3 is 1.96 bits per heavy atom. The second kappa shape index (κ2) is 22.8. The largest absolute Gasteiger partial charge is 0.416 e. The smallest absolute Gasteiger partial charge is 0.338 e. The third kappa shape index (κ3) is 20.0. The lowest BCUT2D eigenvalue weighted by Gasteiger charge is -2.24. The van der Waals surface area contributed by atoms with Crippen molar-refractivity contribution in [3.8, 4) is 0 Å². The van der Waals surface area contributed by atoms with Crippen LogP contribution in [0.15, 0.2) is 18.2 Å². The van der Waals surface area contributed by atoms with Crippen LogP contribution in [0.2, 0.25) is 0 Å². The highest BCUT2D eigenvalue weighted by Gasteiger charge is 2.31. The molecule has 290 valence electrons. The maximum Gasteiger partial charge on any atom is 0.416 e. The van der Waals surface area contributed by atoms with Crippen LogP contribution in [0.1, 0.15) is 123 Å². The number of Topliss-reactive ketones (excluding diaryl/α,β-unsaturated/α-hetero) is 2. The summed E-state index contributed by atoms with van der Waals surface area (Å²) in [6, 6.07) is 2.96. The number of urea groups is 2. The van der Waals surface area contributed by atoms with Crippen molar-refractivity contribution in [3.63, 3.8) is 0 Å². The van der Waals surface area contributed by atoms with Crippen molar-refractivity contribution >= 4 is 40.7 Å². The number of amides is 4. The zero-order valence-electron chi connectivity index (χ0n) is 32.2. The average molecular weight is 741 g/mol. The van der Waals surface area contributed by atoms with E-state index in [1.54, 1.807) is 13.0 Å². The summed E-state index contributed by atoms with van der Waals surface area (Å²) in [5.41, 5.74) is 0.364. The summed E-state index contributed by atoms with van der Waals surface area (Å²) in [6.45, 7) is 18.2. The Hall–Kier alpha value is -3.02. The molecule has 4 atom stereocenters. The van der Waals surface area contributed by atoms with E-state index in [9.17, 15) is 32.3 Å². The van der Waals surface area contributed by atoms with Crippen molar-refractivity contribution < 1.29 is 32.3 Å². The maximum absolute atomic E-state index is 13.3. The summed E-state index contributed by atoms with van der Waals surface area (Å²) in [5, 5.41) is 11.7. The summed E-state index contributed by atoms with van der Waals surface area (Å²) >= 11 is 5.57. The fourth-order valence-corrected chi connectivity index (χ4v) is 6.44. The third-order valence-corrected chi connectivity index (χ3v) is 9.49. The number of ketones is 2. The van der Waals surface area contributed by atoms with Crippen LogP contribution in [0.3, 0.4) is 0 Å². The normalized spacial score (nSPS) is 14.2. The number of nitrogens with one attached hydrogen (secondary N) is 4. The van der Waals surface area contributed by atoms with E-state index in [2.05, 4.69) is 35.1 Å². The second-order valence-electron chi connectivity index (χ2n) is 15.3. The van der Waals surface area contributed by atoms with Crippen LogP contribution in [0.4, 0.5) is 22.8 Å². The van der Waals surface area contributed by atoms with E-state index in [1.165, 1.54) is 0 Å². The van der Waals surface area contributed by atoms with E-state index in [0.717, 1.165) is 18.6 Å². The summed E-state index contributed by atoms with van der Waals surface area (Å²) in [6.07, 6.45) is -0.313. The lowest BCUT2D eigenvalue weighted by atomic mass is 9.89. The van der Waals surface area contributed by atoms with Crippen LogP contribution < -0.4 is 21.3 Å². The zero-order valence-corrected chi connectivity index (χ0v) is 33.0. The minimum atomic E-state index is -4.42. The van der Waals surface area contributed by atoms with E-state index in [0.29, 0.717) is 79.9 Å². The van der Waals surface area contributed by atoms with Crippen molar-refractivity contribution in [2.75, 3.05) is 13.1 Å². The topological polar surface area (TPSA) is 116 Å². The van der Waals surface area contributed by atoms with Gasteiger partial charge in [-0.05, 0) is 91.7 Å². The Kier molecular flexibility index (Phi) is 20.6. The molecule has 0 aliphatic heterocycles. The third-order valence-electron chi connectivity index (χ3n) is 9.18. The Morgan fingerprint density at radius 2 is 1.39 bits per heavy atom. The summed E-state index contributed by atoms with van der Waals surface area (Å²) in [5.74, 6) is 0.915. The van der Waals surface area contributed by atoms with E-state index in [-0.39, 0.29) is 65.8 Å². The van der Waals surface area contributed by atoms with Gasteiger partial charge in [-0.25, -0.2) is 9.59 Å². The van der Waals surface area contributed by atoms with Gasteiger partial charge >= 0.3 is 18.2 Å². The van der Waals surface area contributed by atoms with Crippen LogP contribution in [-0.2, 0) is 22.2 Å². The van der Waals surface area contributed by atoms with Gasteiger partial charge in [-0.3, -0.25) is 9.59 Å². The molecule has 12 heteroatoms. The monoisotopic (exact) mass is 740 g/mol. The Bertz CT molecular complexity index is 1290. The first-order valence-corrected chi connectivity index (χ1v) is 18.9. The van der Waals surface area contributed by atoms with Crippen molar-refractivity contribution in [3.05, 3.63) is 34.9 Å². The Balaban J connectivity index is 2.57. The molecule has 0 radical (unpaired) electrons. The first kappa shape index (κ1) is 46.0. The molecule has 0 saturated heterocycles. The number of thiocarbonyl (C=S) groups is 1. The fraction of sp³-hybridized carbons (Fsp3) is 0.718. The molecule has 0 aromatic heterocycles. The molecule has 4 amide bonds. The van der Waals surface area contributed by atoms with E-state index in [1.807, 2.05) is 41.5 Å². The lowest BCUT2D eigenvalue weighted by molar-refractivity contribution is -0.137. The van der Waals surface area contributed by atoms with Crippen LogP contribution in [0.25, 0.3) is 0 Å². The molecule has 4 N–H and O–H groups in total. The van der Waals surface area contributed by atoms with Crippen molar-refractivity contribution in [2.24, 2.45) is 29.6 Å². The van der Waals surface area contributed by atoms with Crippen LogP contribution in [0.5, 0.6) is 0 Å². The van der Waals surface area contributed by atoms with Gasteiger partial charge in [0.25, 0.3) is 0 Å². The number of carbonyl (C=O) groups is 4. The van der Waals surface area contributed by atoms with Gasteiger partial charge in [-0.1, -0.05) is 72.3 Å². The highest BCUT2D eigenvalue weighted by molar-refractivity contribution is 7.80. The van der Waals surface area contributed by atoms with Crippen LogP contribution in [-0.4, -0.2) is 53.7 Å². The molecule has 1 aromatic rings. The molecule has 0 fully saturated rings. The Morgan fingerprint density at radius 1 is 0.784 bits per heavy atom. The van der Waals surface area contributed by atoms with Crippen molar-refractivity contribution in [1.29, 1.82) is 0 Å². The molecule has 0 unspecified atom stereocenters. The van der Waals surface area contributed by atoms with E-state index < -0.39 is 11.7 Å². The first-order valence-electron chi connectivity index (χ1n) is 18.5.